The third-order valence-electron chi connectivity index (χ3n) is 6.48. The van der Waals surface area contributed by atoms with Gasteiger partial charge in [-0.3, -0.25) is 9.69 Å². The molecule has 2 heterocycles. The Bertz CT molecular complexity index is 1330. The number of aromatic nitrogens is 2. The van der Waals surface area contributed by atoms with Crippen LogP contribution >= 0.6 is 11.6 Å². The Morgan fingerprint density at radius 2 is 1.71 bits per heavy atom. The summed E-state index contributed by atoms with van der Waals surface area (Å²) in [5.41, 5.74) is 5.10. The van der Waals surface area contributed by atoms with Gasteiger partial charge < -0.3 is 10.2 Å². The van der Waals surface area contributed by atoms with Gasteiger partial charge >= 0.3 is 0 Å². The maximum atomic E-state index is 13.4. The Morgan fingerprint density at radius 3 is 2.49 bits per heavy atom. The first-order chi connectivity index (χ1) is 17.1. The summed E-state index contributed by atoms with van der Waals surface area (Å²) in [6, 6.07) is 23.7. The summed E-state index contributed by atoms with van der Waals surface area (Å²) in [5, 5.41) is 13.5. The van der Waals surface area contributed by atoms with Crippen LogP contribution in [-0.2, 0) is 0 Å². The number of hydrogen-bond acceptors (Lipinski definition) is 5. The van der Waals surface area contributed by atoms with Crippen LogP contribution in [0.5, 0.6) is 0 Å². The minimum absolute atomic E-state index is 0.121. The Hall–Kier alpha value is -3.48. The molecular weight excluding hydrogens is 458 g/mol. The van der Waals surface area contributed by atoms with Gasteiger partial charge in [0.25, 0.3) is 5.91 Å². The summed E-state index contributed by atoms with van der Waals surface area (Å²) < 4.78 is 0. The zero-order chi connectivity index (χ0) is 24.2. The van der Waals surface area contributed by atoms with E-state index in [4.69, 9.17) is 11.6 Å². The fraction of sp³-hybridized carbons (Fsp3) is 0.250. The van der Waals surface area contributed by atoms with E-state index in [-0.39, 0.29) is 5.91 Å². The van der Waals surface area contributed by atoms with E-state index in [1.165, 1.54) is 0 Å². The van der Waals surface area contributed by atoms with Gasteiger partial charge in [0, 0.05) is 60.9 Å². The highest BCUT2D eigenvalue weighted by atomic mass is 35.5. The molecule has 0 atom stereocenters. The van der Waals surface area contributed by atoms with E-state index in [0.29, 0.717) is 23.3 Å². The normalized spacial score (nSPS) is 14.3. The fourth-order valence-electron chi connectivity index (χ4n) is 4.52. The van der Waals surface area contributed by atoms with E-state index in [0.717, 1.165) is 59.9 Å². The molecule has 1 fully saturated rings. The molecule has 0 spiro atoms. The van der Waals surface area contributed by atoms with Crippen molar-refractivity contribution in [1.82, 2.24) is 20.4 Å². The van der Waals surface area contributed by atoms with Crippen molar-refractivity contribution in [2.24, 2.45) is 0 Å². The molecule has 0 aliphatic carbocycles. The third kappa shape index (κ3) is 5.29. The molecule has 1 N–H and O–H groups in total. The molecule has 1 saturated heterocycles. The summed E-state index contributed by atoms with van der Waals surface area (Å²) >= 11 is 6.15. The number of carbonyl (C=O) groups is 1. The molecule has 0 saturated carbocycles. The molecule has 3 aromatic carbocycles. The number of nitrogens with zero attached hydrogens (tertiary/aromatic N) is 4. The topological polar surface area (TPSA) is 61.4 Å². The van der Waals surface area contributed by atoms with E-state index < -0.39 is 0 Å². The van der Waals surface area contributed by atoms with Crippen molar-refractivity contribution in [3.63, 3.8) is 0 Å². The third-order valence-corrected chi connectivity index (χ3v) is 6.71. The first-order valence-corrected chi connectivity index (χ1v) is 12.3. The molecule has 0 radical (unpaired) electrons. The predicted molar refractivity (Wildman–Crippen MR) is 142 cm³/mol. The van der Waals surface area contributed by atoms with Gasteiger partial charge in [-0.05, 0) is 31.2 Å². The van der Waals surface area contributed by atoms with Crippen LogP contribution in [0.3, 0.4) is 0 Å². The van der Waals surface area contributed by atoms with Gasteiger partial charge in [0.15, 0.2) is 0 Å². The Kier molecular flexibility index (Phi) is 6.93. The molecule has 4 aromatic rings. The van der Waals surface area contributed by atoms with E-state index in [1.54, 1.807) is 0 Å². The molecule has 35 heavy (non-hydrogen) atoms. The lowest BCUT2D eigenvalue weighted by molar-refractivity contribution is 0.0949. The van der Waals surface area contributed by atoms with Crippen molar-refractivity contribution in [3.05, 3.63) is 88.9 Å². The van der Waals surface area contributed by atoms with Crippen LogP contribution in [0.1, 0.15) is 15.9 Å². The van der Waals surface area contributed by atoms with Crippen LogP contribution < -0.4 is 10.2 Å². The maximum Gasteiger partial charge on any atom is 0.254 e. The highest BCUT2D eigenvalue weighted by molar-refractivity contribution is 6.30. The molecule has 5 rings (SSSR count). The lowest BCUT2D eigenvalue weighted by Crippen LogP contribution is -2.48. The van der Waals surface area contributed by atoms with Crippen molar-refractivity contribution < 1.29 is 4.79 Å². The number of piperazine rings is 1. The van der Waals surface area contributed by atoms with Gasteiger partial charge in [0.05, 0.1) is 11.1 Å². The van der Waals surface area contributed by atoms with Gasteiger partial charge in [0.1, 0.15) is 5.69 Å². The highest BCUT2D eigenvalue weighted by Gasteiger charge is 2.21. The lowest BCUT2D eigenvalue weighted by atomic mass is 10.0. The standard InChI is InChI=1S/C28H28ClN5O/c1-20-9-11-21(12-10-20)27-26(24-7-2-3-8-25(24)31-32-27)28(35)30-13-14-33-15-17-34(18-16-33)23-6-4-5-22(29)19-23/h2-12,19H,13-18H2,1H3,(H,30,35). The summed E-state index contributed by atoms with van der Waals surface area (Å²) in [4.78, 5) is 18.1. The number of aryl methyl sites for hydroxylation is 1. The first-order valence-electron chi connectivity index (χ1n) is 11.9. The zero-order valence-electron chi connectivity index (χ0n) is 19.7. The number of halogens is 1. The van der Waals surface area contributed by atoms with Crippen LogP contribution in [0.25, 0.3) is 22.2 Å². The summed E-state index contributed by atoms with van der Waals surface area (Å²) in [6.45, 7) is 7.16. The minimum Gasteiger partial charge on any atom is -0.369 e. The number of benzene rings is 3. The molecule has 1 amide bonds. The number of amides is 1. The van der Waals surface area contributed by atoms with Crippen LogP contribution in [-0.4, -0.2) is 60.3 Å². The maximum absolute atomic E-state index is 13.4. The van der Waals surface area contributed by atoms with Crippen molar-refractivity contribution in [2.75, 3.05) is 44.2 Å². The van der Waals surface area contributed by atoms with Crippen molar-refractivity contribution in [3.8, 4) is 11.3 Å². The van der Waals surface area contributed by atoms with E-state index in [1.807, 2.05) is 73.7 Å². The van der Waals surface area contributed by atoms with Gasteiger partial charge in [-0.2, -0.15) is 0 Å². The summed E-state index contributed by atoms with van der Waals surface area (Å²) in [6.07, 6.45) is 0. The number of hydrogen-bond donors (Lipinski definition) is 1. The molecule has 6 nitrogen and oxygen atoms in total. The lowest BCUT2D eigenvalue weighted by Gasteiger charge is -2.36. The molecule has 1 aliphatic heterocycles. The molecule has 7 heteroatoms. The van der Waals surface area contributed by atoms with Gasteiger partial charge in [-0.1, -0.05) is 65.7 Å². The molecule has 0 bridgehead atoms. The summed E-state index contributed by atoms with van der Waals surface area (Å²) in [5.74, 6) is -0.121. The van der Waals surface area contributed by atoms with Crippen molar-refractivity contribution >= 4 is 34.1 Å². The quantitative estimate of drug-likeness (QED) is 0.424. The smallest absolute Gasteiger partial charge is 0.254 e. The predicted octanol–water partition coefficient (Wildman–Crippen LogP) is 4.81. The van der Waals surface area contributed by atoms with E-state index >= 15 is 0 Å². The van der Waals surface area contributed by atoms with Crippen LogP contribution in [0.15, 0.2) is 72.8 Å². The van der Waals surface area contributed by atoms with E-state index in [2.05, 4.69) is 31.4 Å². The highest BCUT2D eigenvalue weighted by Crippen LogP contribution is 2.27. The minimum atomic E-state index is -0.121. The Morgan fingerprint density at radius 1 is 0.943 bits per heavy atom. The molecule has 1 aromatic heterocycles. The first kappa shape index (κ1) is 23.3. The molecule has 1 aliphatic rings. The second-order valence-electron chi connectivity index (χ2n) is 8.87. The number of carbonyl (C=O) groups excluding carboxylic acids is 1. The Labute approximate surface area is 210 Å². The molecular formula is C28H28ClN5O. The van der Waals surface area contributed by atoms with Crippen LogP contribution in [0, 0.1) is 6.92 Å². The average molecular weight is 486 g/mol. The van der Waals surface area contributed by atoms with Gasteiger partial charge in [0.2, 0.25) is 0 Å². The Balaban J connectivity index is 1.25. The van der Waals surface area contributed by atoms with E-state index in [9.17, 15) is 4.79 Å². The van der Waals surface area contributed by atoms with Crippen molar-refractivity contribution in [1.29, 1.82) is 0 Å². The van der Waals surface area contributed by atoms with Crippen LogP contribution in [0.2, 0.25) is 5.02 Å². The zero-order valence-corrected chi connectivity index (χ0v) is 20.5. The van der Waals surface area contributed by atoms with Gasteiger partial charge in [-0.25, -0.2) is 0 Å². The second kappa shape index (κ2) is 10.4. The molecule has 178 valence electrons. The number of nitrogens with one attached hydrogen (secondary N) is 1. The monoisotopic (exact) mass is 485 g/mol. The summed E-state index contributed by atoms with van der Waals surface area (Å²) in [7, 11) is 0. The SMILES string of the molecule is Cc1ccc(-c2nnc3ccccc3c2C(=O)NCCN2CCN(c3cccc(Cl)c3)CC2)cc1. The largest absolute Gasteiger partial charge is 0.369 e. The van der Waals surface area contributed by atoms with Crippen molar-refractivity contribution in [2.45, 2.75) is 6.92 Å². The average Bonchev–Trinajstić information content (AvgIpc) is 2.89. The fourth-order valence-corrected chi connectivity index (χ4v) is 4.70. The number of anilines is 1. The van der Waals surface area contributed by atoms with Crippen LogP contribution in [0.4, 0.5) is 5.69 Å². The number of fused-ring (bicyclic) bond motifs is 1. The second-order valence-corrected chi connectivity index (χ2v) is 9.31. The molecule has 0 unspecified atom stereocenters. The number of rotatable bonds is 6. The van der Waals surface area contributed by atoms with Gasteiger partial charge in [-0.15, -0.1) is 10.2 Å².